The van der Waals surface area contributed by atoms with Gasteiger partial charge in [0.1, 0.15) is 0 Å². The van der Waals surface area contributed by atoms with Crippen molar-refractivity contribution in [2.45, 2.75) is 32.8 Å². The van der Waals surface area contributed by atoms with E-state index < -0.39 is 0 Å². The minimum absolute atomic E-state index is 0.0166. The maximum absolute atomic E-state index is 12.6. The summed E-state index contributed by atoms with van der Waals surface area (Å²) in [6, 6.07) is 6.41. The average Bonchev–Trinajstić information content (AvgIpc) is 2.68. The first-order valence-electron chi connectivity index (χ1n) is 10.0. The summed E-state index contributed by atoms with van der Waals surface area (Å²) in [5.74, 6) is 0.737. The molecule has 2 aliphatic heterocycles. The van der Waals surface area contributed by atoms with Gasteiger partial charge in [-0.05, 0) is 49.3 Å². The second-order valence-corrected chi connectivity index (χ2v) is 7.79. The predicted molar refractivity (Wildman–Crippen MR) is 108 cm³/mol. The van der Waals surface area contributed by atoms with E-state index in [1.807, 2.05) is 4.90 Å². The zero-order chi connectivity index (χ0) is 19.2. The number of carbonyl (C=O) groups is 1. The number of benzene rings is 1. The summed E-state index contributed by atoms with van der Waals surface area (Å²) in [7, 11) is 0. The molecule has 0 spiro atoms. The lowest BCUT2D eigenvalue weighted by atomic mass is 9.94. The molecule has 148 valence electrons. The van der Waals surface area contributed by atoms with E-state index in [1.54, 1.807) is 0 Å². The van der Waals surface area contributed by atoms with Crippen molar-refractivity contribution in [1.82, 2.24) is 9.80 Å². The van der Waals surface area contributed by atoms with Crippen molar-refractivity contribution in [3.8, 4) is 0 Å². The van der Waals surface area contributed by atoms with E-state index in [1.165, 1.54) is 16.7 Å². The maximum atomic E-state index is 12.6. The maximum Gasteiger partial charge on any atom is 0.236 e. The summed E-state index contributed by atoms with van der Waals surface area (Å²) in [6.45, 7) is 8.40. The van der Waals surface area contributed by atoms with Gasteiger partial charge in [0.2, 0.25) is 5.91 Å². The fourth-order valence-corrected chi connectivity index (χ4v) is 3.99. The SMILES string of the molecule is Cc1cccc(C)c1C=CC1CCN(C(=O)CN2CCO[C@@H](CO)C2)CC1. The molecule has 2 aliphatic rings. The number of ether oxygens (including phenoxy) is 1. The molecule has 5 nitrogen and oxygen atoms in total. The summed E-state index contributed by atoms with van der Waals surface area (Å²) in [5.41, 5.74) is 3.94. The van der Waals surface area contributed by atoms with Gasteiger partial charge in [0, 0.05) is 26.2 Å². The van der Waals surface area contributed by atoms with Crippen LogP contribution in [0, 0.1) is 19.8 Å². The highest BCUT2D eigenvalue weighted by Crippen LogP contribution is 2.22. The van der Waals surface area contributed by atoms with Crippen LogP contribution in [0.25, 0.3) is 6.08 Å². The third-order valence-corrected chi connectivity index (χ3v) is 5.75. The molecule has 1 aromatic rings. The lowest BCUT2D eigenvalue weighted by molar-refractivity contribution is -0.136. The molecular weight excluding hydrogens is 340 g/mol. The Balaban J connectivity index is 1.47. The monoisotopic (exact) mass is 372 g/mol. The van der Waals surface area contributed by atoms with E-state index in [2.05, 4.69) is 49.1 Å². The molecule has 2 heterocycles. The summed E-state index contributed by atoms with van der Waals surface area (Å²) in [4.78, 5) is 16.7. The van der Waals surface area contributed by atoms with E-state index in [9.17, 15) is 9.90 Å². The van der Waals surface area contributed by atoms with Crippen LogP contribution < -0.4 is 0 Å². The summed E-state index contributed by atoms with van der Waals surface area (Å²) in [5, 5.41) is 9.23. The average molecular weight is 373 g/mol. The molecule has 0 radical (unpaired) electrons. The lowest BCUT2D eigenvalue weighted by Crippen LogP contribution is -2.49. The van der Waals surface area contributed by atoms with Gasteiger partial charge in [0.25, 0.3) is 0 Å². The number of carbonyl (C=O) groups excluding carboxylic acids is 1. The molecule has 27 heavy (non-hydrogen) atoms. The minimum atomic E-state index is -0.160. The Morgan fingerprint density at radius 1 is 1.22 bits per heavy atom. The Morgan fingerprint density at radius 3 is 2.59 bits per heavy atom. The molecule has 0 aromatic heterocycles. The molecular formula is C22H32N2O3. The van der Waals surface area contributed by atoms with Crippen molar-refractivity contribution < 1.29 is 14.6 Å². The summed E-state index contributed by atoms with van der Waals surface area (Å²) >= 11 is 0. The van der Waals surface area contributed by atoms with Crippen molar-refractivity contribution in [2.75, 3.05) is 45.9 Å². The van der Waals surface area contributed by atoms with Crippen LogP contribution >= 0.6 is 0 Å². The molecule has 1 aromatic carbocycles. The molecule has 0 saturated carbocycles. The van der Waals surface area contributed by atoms with Crippen LogP contribution in [0.3, 0.4) is 0 Å². The number of likely N-dealkylation sites (tertiary alicyclic amines) is 1. The van der Waals surface area contributed by atoms with Gasteiger partial charge in [0.05, 0.1) is 25.9 Å². The van der Waals surface area contributed by atoms with E-state index in [-0.39, 0.29) is 18.6 Å². The number of hydrogen-bond acceptors (Lipinski definition) is 4. The first-order chi connectivity index (χ1) is 13.1. The number of piperidine rings is 1. The van der Waals surface area contributed by atoms with Crippen LogP contribution in [0.4, 0.5) is 0 Å². The molecule has 2 fully saturated rings. The van der Waals surface area contributed by atoms with Gasteiger partial charge in [-0.15, -0.1) is 0 Å². The molecule has 0 bridgehead atoms. The van der Waals surface area contributed by atoms with Crippen LogP contribution in [0.2, 0.25) is 0 Å². The molecule has 0 unspecified atom stereocenters. The first kappa shape index (κ1) is 20.1. The minimum Gasteiger partial charge on any atom is -0.394 e. The largest absolute Gasteiger partial charge is 0.394 e. The van der Waals surface area contributed by atoms with Gasteiger partial charge in [-0.25, -0.2) is 0 Å². The second-order valence-electron chi connectivity index (χ2n) is 7.79. The Morgan fingerprint density at radius 2 is 1.93 bits per heavy atom. The fraction of sp³-hybridized carbons (Fsp3) is 0.591. The van der Waals surface area contributed by atoms with E-state index in [0.29, 0.717) is 25.6 Å². The third-order valence-electron chi connectivity index (χ3n) is 5.75. The molecule has 3 rings (SSSR count). The lowest BCUT2D eigenvalue weighted by Gasteiger charge is -2.35. The summed E-state index contributed by atoms with van der Waals surface area (Å²) < 4.78 is 5.45. The Hall–Kier alpha value is -1.69. The quantitative estimate of drug-likeness (QED) is 0.861. The Kier molecular flexibility index (Phi) is 7.05. The van der Waals surface area contributed by atoms with Gasteiger partial charge in [-0.2, -0.15) is 0 Å². The number of morpholine rings is 1. The number of aliphatic hydroxyl groups excluding tert-OH is 1. The normalized spacial score (nSPS) is 22.5. The zero-order valence-corrected chi connectivity index (χ0v) is 16.6. The van der Waals surface area contributed by atoms with Crippen LogP contribution in [0.15, 0.2) is 24.3 Å². The number of allylic oxidation sites excluding steroid dienone is 1. The van der Waals surface area contributed by atoms with Crippen molar-refractivity contribution in [1.29, 1.82) is 0 Å². The highest BCUT2D eigenvalue weighted by Gasteiger charge is 2.26. The number of nitrogens with zero attached hydrogens (tertiary/aromatic N) is 2. The van der Waals surface area contributed by atoms with Gasteiger partial charge >= 0.3 is 0 Å². The van der Waals surface area contributed by atoms with Gasteiger partial charge < -0.3 is 14.7 Å². The number of hydrogen-bond donors (Lipinski definition) is 1. The smallest absolute Gasteiger partial charge is 0.236 e. The highest BCUT2D eigenvalue weighted by molar-refractivity contribution is 5.78. The number of rotatable bonds is 5. The molecule has 0 aliphatic carbocycles. The third kappa shape index (κ3) is 5.41. The zero-order valence-electron chi connectivity index (χ0n) is 16.6. The molecule has 2 saturated heterocycles. The van der Waals surface area contributed by atoms with Crippen molar-refractivity contribution in [2.24, 2.45) is 5.92 Å². The number of aryl methyl sites for hydroxylation is 2. The second kappa shape index (κ2) is 9.49. The van der Waals surface area contributed by atoms with Crippen molar-refractivity contribution >= 4 is 12.0 Å². The van der Waals surface area contributed by atoms with Crippen LogP contribution in [-0.2, 0) is 9.53 Å². The predicted octanol–water partition coefficient (Wildman–Crippen LogP) is 2.25. The van der Waals surface area contributed by atoms with Crippen molar-refractivity contribution in [3.63, 3.8) is 0 Å². The summed E-state index contributed by atoms with van der Waals surface area (Å²) in [6.07, 6.45) is 6.47. The molecule has 5 heteroatoms. The van der Waals surface area contributed by atoms with Gasteiger partial charge in [-0.3, -0.25) is 9.69 Å². The molecule has 1 amide bonds. The number of aliphatic hydroxyl groups is 1. The number of amides is 1. The Bertz CT molecular complexity index is 645. The van der Waals surface area contributed by atoms with E-state index in [4.69, 9.17) is 4.74 Å². The van der Waals surface area contributed by atoms with Gasteiger partial charge in [0.15, 0.2) is 0 Å². The topological polar surface area (TPSA) is 53.0 Å². The fourth-order valence-electron chi connectivity index (χ4n) is 3.99. The first-order valence-corrected chi connectivity index (χ1v) is 10.0. The van der Waals surface area contributed by atoms with E-state index >= 15 is 0 Å². The van der Waals surface area contributed by atoms with Crippen LogP contribution in [-0.4, -0.2) is 72.9 Å². The highest BCUT2D eigenvalue weighted by atomic mass is 16.5. The molecule has 1 N–H and O–H groups in total. The van der Waals surface area contributed by atoms with Gasteiger partial charge in [-0.1, -0.05) is 30.4 Å². The van der Waals surface area contributed by atoms with Crippen LogP contribution in [0.5, 0.6) is 0 Å². The Labute approximate surface area is 162 Å². The molecule has 1 atom stereocenters. The van der Waals surface area contributed by atoms with E-state index in [0.717, 1.165) is 32.5 Å². The standard InChI is InChI=1S/C22H32N2O3/c1-17-4-3-5-18(2)21(17)7-6-19-8-10-24(11-9-19)22(26)15-23-12-13-27-20(14-23)16-25/h3-7,19-20,25H,8-16H2,1-2H3/t20-/m1/s1. The van der Waals surface area contributed by atoms with Crippen LogP contribution in [0.1, 0.15) is 29.5 Å². The van der Waals surface area contributed by atoms with Crippen molar-refractivity contribution in [3.05, 3.63) is 41.0 Å².